The summed E-state index contributed by atoms with van der Waals surface area (Å²) in [4.78, 5) is 0. The van der Waals surface area contributed by atoms with Crippen molar-refractivity contribution >= 4 is 13.5 Å². The Morgan fingerprint density at radius 3 is 2.53 bits per heavy atom. The van der Waals surface area contributed by atoms with E-state index in [0.717, 1.165) is 24.0 Å². The van der Waals surface area contributed by atoms with E-state index in [-0.39, 0.29) is 11.6 Å². The first kappa shape index (κ1) is 16.3. The summed E-state index contributed by atoms with van der Waals surface area (Å²) in [5, 5.41) is 11.5. The lowest BCUT2D eigenvalue weighted by atomic mass is 10.1. The molecule has 0 bridgehead atoms. The molecule has 1 heterocycles. The molecule has 2 atom stereocenters. The first-order valence-corrected chi connectivity index (χ1v) is 10.4. The molecule has 0 aliphatic rings. The van der Waals surface area contributed by atoms with Gasteiger partial charge < -0.3 is 9.52 Å². The van der Waals surface area contributed by atoms with E-state index in [2.05, 4.69) is 32.7 Å². The predicted octanol–water partition coefficient (Wildman–Crippen LogP) is 4.00. The highest BCUT2D eigenvalue weighted by atomic mass is 28.3. The van der Waals surface area contributed by atoms with E-state index in [4.69, 9.17) is 4.42 Å². The normalized spacial score (nSPS) is 15.2. The summed E-state index contributed by atoms with van der Waals surface area (Å²) in [6.45, 7) is 12.6. The molecular weight excluding hydrogens is 252 g/mol. The first-order valence-electron chi connectivity index (χ1n) is 7.31. The Balaban J connectivity index is 2.79. The zero-order chi connectivity index (χ0) is 14.5. The number of aryl methyl sites for hydroxylation is 1. The third-order valence-corrected chi connectivity index (χ3v) is 7.81. The molecule has 19 heavy (non-hydrogen) atoms. The molecule has 1 aromatic rings. The number of aliphatic hydroxyl groups is 1. The Hall–Kier alpha value is -0.803. The van der Waals surface area contributed by atoms with Crippen molar-refractivity contribution in [1.29, 1.82) is 0 Å². The second-order valence-electron chi connectivity index (χ2n) is 5.96. The molecule has 2 nitrogen and oxygen atoms in total. The fourth-order valence-corrected chi connectivity index (χ4v) is 5.64. The van der Waals surface area contributed by atoms with Gasteiger partial charge in [-0.2, -0.15) is 0 Å². The Morgan fingerprint density at radius 1 is 1.37 bits per heavy atom. The molecule has 0 saturated carbocycles. The van der Waals surface area contributed by atoms with Crippen LogP contribution >= 0.6 is 0 Å². The van der Waals surface area contributed by atoms with Gasteiger partial charge >= 0.3 is 0 Å². The average Bonchev–Trinajstić information content (AvgIpc) is 2.77. The van der Waals surface area contributed by atoms with E-state index in [1.165, 1.54) is 12.8 Å². The Morgan fingerprint density at radius 2 is 2.05 bits per heavy atom. The minimum absolute atomic E-state index is 0.148. The molecule has 108 valence electrons. The smallest absolute Gasteiger partial charge is 0.135 e. The average molecular weight is 280 g/mol. The maximum absolute atomic E-state index is 10.5. The molecule has 0 radical (unpaired) electrons. The lowest BCUT2D eigenvalue weighted by Gasteiger charge is -2.32. The second kappa shape index (κ2) is 7.11. The Kier molecular flexibility index (Phi) is 6.08. The zero-order valence-electron chi connectivity index (χ0n) is 12.8. The topological polar surface area (TPSA) is 33.4 Å². The van der Waals surface area contributed by atoms with Gasteiger partial charge in [-0.1, -0.05) is 45.4 Å². The van der Waals surface area contributed by atoms with E-state index in [1.807, 2.05) is 19.1 Å². The molecule has 0 aliphatic carbocycles. The fourth-order valence-electron chi connectivity index (χ4n) is 2.66. The van der Waals surface area contributed by atoms with Crippen molar-refractivity contribution in [3.63, 3.8) is 0 Å². The first-order chi connectivity index (χ1) is 8.93. The van der Waals surface area contributed by atoms with Crippen molar-refractivity contribution in [3.05, 3.63) is 30.5 Å². The molecule has 0 aliphatic heterocycles. The largest absolute Gasteiger partial charge is 0.472 e. The van der Waals surface area contributed by atoms with Crippen molar-refractivity contribution in [1.82, 2.24) is 0 Å². The standard InChI is InChI=1S/C16H28O2Si/c1-6-8-9-10-14(17)15(7-2)19(4,5)16-12-11-13(3)18-16/h7,11-12,14-15,17H,2,6,8-10H2,1,3-5H3/t14-,15+/m0/s1. The van der Waals surface area contributed by atoms with E-state index in [1.54, 1.807) is 0 Å². The minimum atomic E-state index is -1.85. The van der Waals surface area contributed by atoms with Crippen LogP contribution in [0.15, 0.2) is 29.2 Å². The number of unbranched alkanes of at least 4 members (excludes halogenated alkanes) is 2. The molecule has 0 spiro atoms. The molecule has 3 heteroatoms. The van der Waals surface area contributed by atoms with Crippen LogP contribution in [0.5, 0.6) is 0 Å². The van der Waals surface area contributed by atoms with Gasteiger partial charge in [0, 0.05) is 5.54 Å². The van der Waals surface area contributed by atoms with E-state index >= 15 is 0 Å². The number of hydrogen-bond acceptors (Lipinski definition) is 2. The molecule has 0 fully saturated rings. The number of furan rings is 1. The monoisotopic (exact) mass is 280 g/mol. The SMILES string of the molecule is C=C[C@H]([C@@H](O)CCCCC)[Si](C)(C)c1ccc(C)o1. The van der Waals surface area contributed by atoms with Crippen LogP contribution in [0.3, 0.4) is 0 Å². The summed E-state index contributed by atoms with van der Waals surface area (Å²) in [6.07, 6.45) is 5.95. The molecule has 0 aromatic carbocycles. The van der Waals surface area contributed by atoms with Crippen LogP contribution in [0.1, 0.15) is 38.4 Å². The quantitative estimate of drug-likeness (QED) is 0.443. The number of rotatable bonds is 8. The molecular formula is C16H28O2Si. The van der Waals surface area contributed by atoms with Crippen molar-refractivity contribution in [2.24, 2.45) is 0 Å². The van der Waals surface area contributed by atoms with Gasteiger partial charge in [-0.05, 0) is 25.5 Å². The fraction of sp³-hybridized carbons (Fsp3) is 0.625. The summed E-state index contributed by atoms with van der Waals surface area (Å²) in [6, 6.07) is 4.07. The van der Waals surface area contributed by atoms with Crippen LogP contribution in [-0.2, 0) is 0 Å². The van der Waals surface area contributed by atoms with Gasteiger partial charge in [-0.3, -0.25) is 0 Å². The van der Waals surface area contributed by atoms with Gasteiger partial charge in [0.05, 0.1) is 17.2 Å². The lowest BCUT2D eigenvalue weighted by molar-refractivity contribution is 0.162. The van der Waals surface area contributed by atoms with E-state index in [0.29, 0.717) is 0 Å². The van der Waals surface area contributed by atoms with Crippen LogP contribution in [-0.4, -0.2) is 19.3 Å². The summed E-state index contributed by atoms with van der Waals surface area (Å²) < 4.78 is 5.81. The van der Waals surface area contributed by atoms with Gasteiger partial charge in [0.1, 0.15) is 8.07 Å². The van der Waals surface area contributed by atoms with Crippen molar-refractivity contribution in [3.8, 4) is 0 Å². The zero-order valence-corrected chi connectivity index (χ0v) is 13.8. The summed E-state index contributed by atoms with van der Waals surface area (Å²) >= 11 is 0. The Bertz CT molecular complexity index is 395. The van der Waals surface area contributed by atoms with Crippen LogP contribution in [0.25, 0.3) is 0 Å². The number of aliphatic hydroxyl groups excluding tert-OH is 1. The van der Waals surface area contributed by atoms with Gasteiger partial charge in [0.2, 0.25) is 0 Å². The van der Waals surface area contributed by atoms with E-state index in [9.17, 15) is 5.11 Å². The molecule has 0 saturated heterocycles. The molecule has 1 N–H and O–H groups in total. The molecule has 0 amide bonds. The molecule has 1 rings (SSSR count). The van der Waals surface area contributed by atoms with Crippen molar-refractivity contribution in [2.45, 2.75) is 64.3 Å². The van der Waals surface area contributed by atoms with Crippen molar-refractivity contribution in [2.75, 3.05) is 0 Å². The van der Waals surface area contributed by atoms with Gasteiger partial charge in [-0.15, -0.1) is 6.58 Å². The van der Waals surface area contributed by atoms with Crippen LogP contribution in [0, 0.1) is 6.92 Å². The van der Waals surface area contributed by atoms with Crippen molar-refractivity contribution < 1.29 is 9.52 Å². The molecule has 0 unspecified atom stereocenters. The Labute approximate surface area is 118 Å². The van der Waals surface area contributed by atoms with Crippen LogP contribution in [0.2, 0.25) is 18.6 Å². The summed E-state index contributed by atoms with van der Waals surface area (Å²) in [5.41, 5.74) is 0.148. The summed E-state index contributed by atoms with van der Waals surface area (Å²) in [5.74, 6) is 0.943. The highest BCUT2D eigenvalue weighted by Gasteiger charge is 2.38. The lowest BCUT2D eigenvalue weighted by Crippen LogP contribution is -2.48. The maximum atomic E-state index is 10.5. The second-order valence-corrected chi connectivity index (χ2v) is 10.6. The van der Waals surface area contributed by atoms with Gasteiger partial charge in [0.15, 0.2) is 0 Å². The van der Waals surface area contributed by atoms with Gasteiger partial charge in [0.25, 0.3) is 0 Å². The molecule has 1 aromatic heterocycles. The predicted molar refractivity (Wildman–Crippen MR) is 84.7 cm³/mol. The summed E-state index contributed by atoms with van der Waals surface area (Å²) in [7, 11) is -1.85. The van der Waals surface area contributed by atoms with E-state index < -0.39 is 8.07 Å². The third kappa shape index (κ3) is 4.08. The van der Waals surface area contributed by atoms with Crippen LogP contribution < -0.4 is 5.38 Å². The maximum Gasteiger partial charge on any atom is 0.135 e. The van der Waals surface area contributed by atoms with Gasteiger partial charge in [-0.25, -0.2) is 0 Å². The minimum Gasteiger partial charge on any atom is -0.472 e. The highest BCUT2D eigenvalue weighted by Crippen LogP contribution is 2.30. The van der Waals surface area contributed by atoms with Crippen LogP contribution in [0.4, 0.5) is 0 Å². The number of hydrogen-bond donors (Lipinski definition) is 1. The third-order valence-electron chi connectivity index (χ3n) is 3.98. The highest BCUT2D eigenvalue weighted by molar-refractivity contribution is 6.90.